The second-order valence-electron chi connectivity index (χ2n) is 5.86. The van der Waals surface area contributed by atoms with Gasteiger partial charge in [0.05, 0.1) is 6.10 Å². The van der Waals surface area contributed by atoms with Crippen molar-refractivity contribution < 1.29 is 45.0 Å². The number of aliphatic carboxylic acids is 1. The molecule has 1 saturated carbocycles. The summed E-state index contributed by atoms with van der Waals surface area (Å²) < 4.78 is 4.92. The zero-order valence-electron chi connectivity index (χ0n) is 12.9. The largest absolute Gasteiger partial charge is 0.504 e. The number of hydrogen-bond acceptors (Lipinski definition) is 8. The average Bonchev–Trinajstić information content (AvgIpc) is 2.53. The van der Waals surface area contributed by atoms with Crippen molar-refractivity contribution in [1.82, 2.24) is 0 Å². The summed E-state index contributed by atoms with van der Waals surface area (Å²) in [5.74, 6) is -3.24. The van der Waals surface area contributed by atoms with E-state index in [-0.39, 0.29) is 11.5 Å². The molecule has 0 aliphatic heterocycles. The summed E-state index contributed by atoms with van der Waals surface area (Å²) in [5.41, 5.74) is -1.94. The van der Waals surface area contributed by atoms with Crippen LogP contribution in [0.1, 0.15) is 18.4 Å². The number of carboxylic acids is 1. The number of rotatable bonds is 4. The predicted octanol–water partition coefficient (Wildman–Crippen LogP) is -0.646. The lowest BCUT2D eigenvalue weighted by molar-refractivity contribution is -0.196. The Kier molecular flexibility index (Phi) is 5.31. The molecule has 9 heteroatoms. The van der Waals surface area contributed by atoms with Gasteiger partial charge in [-0.05, 0) is 23.8 Å². The molecule has 0 saturated heterocycles. The van der Waals surface area contributed by atoms with E-state index in [1.165, 1.54) is 24.3 Å². The van der Waals surface area contributed by atoms with Crippen molar-refractivity contribution in [3.05, 3.63) is 29.8 Å². The lowest BCUT2D eigenvalue weighted by Crippen LogP contribution is -2.57. The molecule has 0 aromatic heterocycles. The zero-order valence-corrected chi connectivity index (χ0v) is 12.9. The summed E-state index contributed by atoms with van der Waals surface area (Å²) in [5, 5.41) is 57.0. The van der Waals surface area contributed by atoms with Gasteiger partial charge in [0.15, 0.2) is 17.1 Å². The van der Waals surface area contributed by atoms with Crippen LogP contribution in [0.25, 0.3) is 6.08 Å². The van der Waals surface area contributed by atoms with E-state index in [1.54, 1.807) is 0 Å². The number of phenolic OH excluding ortho intramolecular Hbond substituents is 2. The number of hydrogen-bond donors (Lipinski definition) is 6. The molecule has 136 valence electrons. The molecule has 0 bridgehead atoms. The van der Waals surface area contributed by atoms with E-state index in [9.17, 15) is 35.1 Å². The van der Waals surface area contributed by atoms with E-state index in [4.69, 9.17) is 9.84 Å². The molecule has 0 heterocycles. The molecule has 25 heavy (non-hydrogen) atoms. The SMILES string of the molecule is O=C(C=Cc1ccc(O)c(O)c1)OC1C[C@](O)(C(=O)O)CC(O)[C@H]1O. The van der Waals surface area contributed by atoms with Crippen molar-refractivity contribution in [2.75, 3.05) is 0 Å². The van der Waals surface area contributed by atoms with Crippen molar-refractivity contribution in [2.45, 2.75) is 36.8 Å². The third-order valence-corrected chi connectivity index (χ3v) is 3.94. The van der Waals surface area contributed by atoms with Gasteiger partial charge in [-0.25, -0.2) is 9.59 Å². The number of aliphatic hydroxyl groups is 3. The number of phenols is 2. The van der Waals surface area contributed by atoms with Crippen LogP contribution in [0.5, 0.6) is 11.5 Å². The van der Waals surface area contributed by atoms with E-state index in [0.717, 1.165) is 6.08 Å². The molecule has 1 fully saturated rings. The fraction of sp³-hybridized carbons (Fsp3) is 0.375. The van der Waals surface area contributed by atoms with Crippen LogP contribution in [0.3, 0.4) is 0 Å². The van der Waals surface area contributed by atoms with E-state index < -0.39 is 48.7 Å². The van der Waals surface area contributed by atoms with E-state index >= 15 is 0 Å². The first-order valence-corrected chi connectivity index (χ1v) is 7.35. The second-order valence-corrected chi connectivity index (χ2v) is 5.86. The van der Waals surface area contributed by atoms with E-state index in [0.29, 0.717) is 5.56 Å². The summed E-state index contributed by atoms with van der Waals surface area (Å²) in [7, 11) is 0. The summed E-state index contributed by atoms with van der Waals surface area (Å²) in [6.45, 7) is 0. The Balaban J connectivity index is 2.06. The van der Waals surface area contributed by atoms with Crippen LogP contribution in [0.15, 0.2) is 24.3 Å². The summed E-state index contributed by atoms with van der Waals surface area (Å²) in [6, 6.07) is 3.83. The maximum Gasteiger partial charge on any atom is 0.335 e. The van der Waals surface area contributed by atoms with Gasteiger partial charge >= 0.3 is 11.9 Å². The number of esters is 1. The number of aromatic hydroxyl groups is 2. The van der Waals surface area contributed by atoms with Gasteiger partial charge in [0.25, 0.3) is 0 Å². The molecule has 1 aliphatic rings. The fourth-order valence-corrected chi connectivity index (χ4v) is 2.53. The minimum absolute atomic E-state index is 0.327. The van der Waals surface area contributed by atoms with Gasteiger partial charge in [0, 0.05) is 18.9 Å². The Labute approximate surface area is 142 Å². The molecule has 9 nitrogen and oxygen atoms in total. The number of carbonyl (C=O) groups is 2. The van der Waals surface area contributed by atoms with Gasteiger partial charge in [0.1, 0.15) is 12.2 Å². The fourth-order valence-electron chi connectivity index (χ4n) is 2.53. The quantitative estimate of drug-likeness (QED) is 0.234. The first kappa shape index (κ1) is 18.7. The highest BCUT2D eigenvalue weighted by Crippen LogP contribution is 2.31. The summed E-state index contributed by atoms with van der Waals surface area (Å²) >= 11 is 0. The third-order valence-electron chi connectivity index (χ3n) is 3.94. The molecule has 1 aliphatic carbocycles. The molecule has 4 atom stereocenters. The van der Waals surface area contributed by atoms with Gasteiger partial charge in [-0.1, -0.05) is 6.07 Å². The van der Waals surface area contributed by atoms with Gasteiger partial charge in [-0.2, -0.15) is 0 Å². The van der Waals surface area contributed by atoms with Gasteiger partial charge in [-0.15, -0.1) is 0 Å². The smallest absolute Gasteiger partial charge is 0.335 e. The number of carbonyl (C=O) groups excluding carboxylic acids is 1. The molecule has 6 N–H and O–H groups in total. The van der Waals surface area contributed by atoms with Crippen molar-refractivity contribution >= 4 is 18.0 Å². The standard InChI is InChI=1S/C16H18O9/c17-9-3-1-8(5-10(9)18)2-4-13(20)25-12-7-16(24,15(22)23)6-11(19)14(12)21/h1-5,11-12,14,17-19,21,24H,6-7H2,(H,22,23)/t11?,12?,14-,16+/m1/s1. The Morgan fingerprint density at radius 1 is 1.16 bits per heavy atom. The molecule has 1 aromatic carbocycles. The highest BCUT2D eigenvalue weighted by atomic mass is 16.6. The van der Waals surface area contributed by atoms with Crippen LogP contribution in [0.2, 0.25) is 0 Å². The number of aliphatic hydroxyl groups excluding tert-OH is 2. The van der Waals surface area contributed by atoms with Crippen molar-refractivity contribution in [2.24, 2.45) is 0 Å². The number of carboxylic acid groups (broad SMARTS) is 1. The predicted molar refractivity (Wildman–Crippen MR) is 82.5 cm³/mol. The van der Waals surface area contributed by atoms with Crippen LogP contribution in [-0.4, -0.2) is 66.5 Å². The highest BCUT2D eigenvalue weighted by Gasteiger charge is 2.50. The molecule has 2 rings (SSSR count). The van der Waals surface area contributed by atoms with Crippen LogP contribution in [-0.2, 0) is 14.3 Å². The number of benzene rings is 1. The van der Waals surface area contributed by atoms with E-state index in [2.05, 4.69) is 0 Å². The van der Waals surface area contributed by atoms with Gasteiger partial charge in [-0.3, -0.25) is 0 Å². The topological polar surface area (TPSA) is 165 Å². The zero-order chi connectivity index (χ0) is 18.8. The first-order valence-electron chi connectivity index (χ1n) is 7.35. The van der Waals surface area contributed by atoms with Crippen molar-refractivity contribution in [3.8, 4) is 11.5 Å². The average molecular weight is 354 g/mol. The maximum absolute atomic E-state index is 11.8. The minimum Gasteiger partial charge on any atom is -0.504 e. The summed E-state index contributed by atoms with van der Waals surface area (Å²) in [6.07, 6.45) is -3.44. The lowest BCUT2D eigenvalue weighted by atomic mass is 9.79. The van der Waals surface area contributed by atoms with Crippen LogP contribution in [0, 0.1) is 0 Å². The van der Waals surface area contributed by atoms with Crippen LogP contribution in [0.4, 0.5) is 0 Å². The number of ether oxygens (including phenoxy) is 1. The highest BCUT2D eigenvalue weighted by molar-refractivity contribution is 5.87. The Morgan fingerprint density at radius 2 is 1.84 bits per heavy atom. The van der Waals surface area contributed by atoms with E-state index in [1.807, 2.05) is 0 Å². The van der Waals surface area contributed by atoms with Crippen molar-refractivity contribution in [3.63, 3.8) is 0 Å². The maximum atomic E-state index is 11.8. The van der Waals surface area contributed by atoms with Gasteiger partial charge < -0.3 is 35.4 Å². The molecule has 1 aromatic rings. The Morgan fingerprint density at radius 3 is 2.44 bits per heavy atom. The lowest BCUT2D eigenvalue weighted by Gasteiger charge is -2.39. The van der Waals surface area contributed by atoms with Crippen LogP contribution < -0.4 is 0 Å². The normalized spacial score (nSPS) is 29.5. The second kappa shape index (κ2) is 7.09. The summed E-state index contributed by atoms with van der Waals surface area (Å²) in [4.78, 5) is 22.9. The molecular weight excluding hydrogens is 336 g/mol. The third kappa shape index (κ3) is 4.27. The first-order chi connectivity index (χ1) is 11.6. The Hall–Kier alpha value is -2.62. The minimum atomic E-state index is -2.31. The molecular formula is C16H18O9. The Bertz CT molecular complexity index is 699. The molecule has 0 amide bonds. The van der Waals surface area contributed by atoms with Crippen LogP contribution >= 0.6 is 0 Å². The monoisotopic (exact) mass is 354 g/mol. The van der Waals surface area contributed by atoms with Crippen molar-refractivity contribution in [1.29, 1.82) is 0 Å². The van der Waals surface area contributed by atoms with Gasteiger partial charge in [0.2, 0.25) is 0 Å². The molecule has 2 unspecified atom stereocenters. The molecule has 0 radical (unpaired) electrons. The molecule has 0 spiro atoms.